The zero-order valence-electron chi connectivity index (χ0n) is 18.5. The van der Waals surface area contributed by atoms with Crippen molar-refractivity contribution < 1.29 is 13.2 Å². The average molecular weight is 457 g/mol. The first-order chi connectivity index (χ1) is 15.8. The van der Waals surface area contributed by atoms with Crippen LogP contribution < -0.4 is 5.32 Å². The molecule has 4 rings (SSSR count). The molecule has 6 nitrogen and oxygen atoms in total. The van der Waals surface area contributed by atoms with Gasteiger partial charge in [0.1, 0.15) is 23.9 Å². The Labute approximate surface area is 190 Å². The first-order valence-electron chi connectivity index (χ1n) is 11.2. The van der Waals surface area contributed by atoms with Gasteiger partial charge in [-0.25, -0.2) is 9.97 Å². The van der Waals surface area contributed by atoms with E-state index in [-0.39, 0.29) is 12.5 Å². The van der Waals surface area contributed by atoms with Crippen molar-refractivity contribution in [2.45, 2.75) is 57.8 Å². The fourth-order valence-electron chi connectivity index (χ4n) is 4.45. The summed E-state index contributed by atoms with van der Waals surface area (Å²) < 4.78 is 37.4. The van der Waals surface area contributed by atoms with Gasteiger partial charge < -0.3 is 10.3 Å². The predicted octanol–water partition coefficient (Wildman–Crippen LogP) is 5.10. The summed E-state index contributed by atoms with van der Waals surface area (Å²) in [5.41, 5.74) is 4.72. The van der Waals surface area contributed by atoms with Gasteiger partial charge in [0.25, 0.3) is 0 Å². The number of H-pyrrole nitrogens is 1. The lowest BCUT2D eigenvalue weighted by atomic mass is 10.0. The monoisotopic (exact) mass is 456 g/mol. The second kappa shape index (κ2) is 9.79. The van der Waals surface area contributed by atoms with E-state index in [9.17, 15) is 13.2 Å². The number of rotatable bonds is 7. The van der Waals surface area contributed by atoms with Crippen LogP contribution in [0.2, 0.25) is 0 Å². The molecule has 1 aliphatic heterocycles. The highest BCUT2D eigenvalue weighted by atomic mass is 19.4. The van der Waals surface area contributed by atoms with Crippen LogP contribution in [0.15, 0.2) is 30.7 Å². The number of benzene rings is 1. The number of nitriles is 1. The molecule has 174 valence electrons. The first kappa shape index (κ1) is 23.1. The first-order valence-corrected chi connectivity index (χ1v) is 11.2. The number of aromatic amines is 1. The lowest BCUT2D eigenvalue weighted by Crippen LogP contribution is -2.39. The standard InChI is InChI=1S/C24H27F3N6/c1-16-18(4-5-22-21(16)11-20(12-28)31-22)14-33-9-6-19(7-10-33)32-23-17(13-29-15-30-23)3-2-8-24(25,26)27/h4-5,11,13,15,19,31H,2-3,6-10,14H2,1H3,(H,29,30,32). The second-order valence-corrected chi connectivity index (χ2v) is 8.67. The van der Waals surface area contributed by atoms with E-state index in [2.05, 4.69) is 44.2 Å². The zero-order valence-corrected chi connectivity index (χ0v) is 18.5. The lowest BCUT2D eigenvalue weighted by molar-refractivity contribution is -0.135. The summed E-state index contributed by atoms with van der Waals surface area (Å²) in [4.78, 5) is 13.8. The summed E-state index contributed by atoms with van der Waals surface area (Å²) in [6, 6.07) is 8.43. The van der Waals surface area contributed by atoms with Gasteiger partial charge in [0.15, 0.2) is 0 Å². The number of aryl methyl sites for hydroxylation is 2. The number of hydrogen-bond acceptors (Lipinski definition) is 5. The molecule has 0 saturated carbocycles. The third kappa shape index (κ3) is 5.82. The summed E-state index contributed by atoms with van der Waals surface area (Å²) in [5, 5.41) is 13.7. The number of nitrogens with one attached hydrogen (secondary N) is 2. The van der Waals surface area contributed by atoms with Crippen molar-refractivity contribution in [3.63, 3.8) is 0 Å². The van der Waals surface area contributed by atoms with Crippen LogP contribution in [0, 0.1) is 18.3 Å². The third-order valence-electron chi connectivity index (χ3n) is 6.32. The molecule has 2 aromatic heterocycles. The number of aromatic nitrogens is 3. The van der Waals surface area contributed by atoms with Gasteiger partial charge in [-0.05, 0) is 55.9 Å². The van der Waals surface area contributed by atoms with Crippen LogP contribution in [0.5, 0.6) is 0 Å². The molecule has 0 bridgehead atoms. The summed E-state index contributed by atoms with van der Waals surface area (Å²) in [6.07, 6.45) is 0.289. The summed E-state index contributed by atoms with van der Waals surface area (Å²) in [6.45, 7) is 4.77. The van der Waals surface area contributed by atoms with Gasteiger partial charge in [-0.1, -0.05) is 6.07 Å². The Hall–Kier alpha value is -3.12. The zero-order chi connectivity index (χ0) is 23.4. The molecule has 33 heavy (non-hydrogen) atoms. The molecule has 0 aliphatic carbocycles. The number of alkyl halides is 3. The minimum absolute atomic E-state index is 0.0324. The molecule has 1 saturated heterocycles. The van der Waals surface area contributed by atoms with Crippen molar-refractivity contribution in [1.29, 1.82) is 5.26 Å². The molecule has 0 atom stereocenters. The minimum atomic E-state index is -4.14. The molecular weight excluding hydrogens is 429 g/mol. The fraction of sp³-hybridized carbons (Fsp3) is 0.458. The van der Waals surface area contributed by atoms with Crippen LogP contribution in [0.25, 0.3) is 10.9 Å². The van der Waals surface area contributed by atoms with Crippen LogP contribution in [0.3, 0.4) is 0 Å². The largest absolute Gasteiger partial charge is 0.389 e. The molecule has 1 fully saturated rings. The van der Waals surface area contributed by atoms with Crippen molar-refractivity contribution in [2.75, 3.05) is 18.4 Å². The highest BCUT2D eigenvalue weighted by Gasteiger charge is 2.26. The summed E-state index contributed by atoms with van der Waals surface area (Å²) >= 11 is 0. The molecule has 9 heteroatoms. The van der Waals surface area contributed by atoms with E-state index < -0.39 is 12.6 Å². The molecule has 0 amide bonds. The van der Waals surface area contributed by atoms with Gasteiger partial charge >= 0.3 is 6.18 Å². The van der Waals surface area contributed by atoms with E-state index in [1.807, 2.05) is 12.1 Å². The molecule has 2 N–H and O–H groups in total. The number of nitrogens with zero attached hydrogens (tertiary/aromatic N) is 4. The van der Waals surface area contributed by atoms with E-state index >= 15 is 0 Å². The van der Waals surface area contributed by atoms with Crippen LogP contribution in [0.4, 0.5) is 19.0 Å². The quantitative estimate of drug-likeness (QED) is 0.517. The van der Waals surface area contributed by atoms with E-state index in [4.69, 9.17) is 5.26 Å². The van der Waals surface area contributed by atoms with Gasteiger partial charge in [0, 0.05) is 54.8 Å². The van der Waals surface area contributed by atoms with E-state index in [1.54, 1.807) is 6.20 Å². The Bertz CT molecular complexity index is 1140. The smallest absolute Gasteiger partial charge is 0.367 e. The molecule has 0 radical (unpaired) electrons. The van der Waals surface area contributed by atoms with Gasteiger partial charge in [0.2, 0.25) is 0 Å². The molecule has 0 spiro atoms. The molecule has 0 unspecified atom stereocenters. The van der Waals surface area contributed by atoms with Gasteiger partial charge in [-0.3, -0.25) is 4.90 Å². The van der Waals surface area contributed by atoms with E-state index in [0.717, 1.165) is 48.9 Å². The fourth-order valence-corrected chi connectivity index (χ4v) is 4.45. The minimum Gasteiger partial charge on any atom is -0.367 e. The molecule has 3 heterocycles. The van der Waals surface area contributed by atoms with Crippen LogP contribution in [-0.4, -0.2) is 45.2 Å². The number of hydrogen-bond donors (Lipinski definition) is 2. The van der Waals surface area contributed by atoms with Crippen molar-refractivity contribution in [2.24, 2.45) is 0 Å². The van der Waals surface area contributed by atoms with Gasteiger partial charge in [0.05, 0.1) is 0 Å². The second-order valence-electron chi connectivity index (χ2n) is 8.67. The summed E-state index contributed by atoms with van der Waals surface area (Å²) in [5.74, 6) is 0.646. The van der Waals surface area contributed by atoms with E-state index in [1.165, 1.54) is 17.5 Å². The molecule has 1 aliphatic rings. The maximum atomic E-state index is 12.5. The maximum absolute atomic E-state index is 12.5. The van der Waals surface area contributed by atoms with Crippen molar-refractivity contribution in [1.82, 2.24) is 19.9 Å². The van der Waals surface area contributed by atoms with Crippen molar-refractivity contribution in [3.8, 4) is 6.07 Å². The predicted molar refractivity (Wildman–Crippen MR) is 121 cm³/mol. The Kier molecular flexibility index (Phi) is 6.84. The Morgan fingerprint density at radius 1 is 1.24 bits per heavy atom. The molecular formula is C24H27F3N6. The number of halogens is 3. The Balaban J connectivity index is 1.32. The highest BCUT2D eigenvalue weighted by Crippen LogP contribution is 2.27. The SMILES string of the molecule is Cc1c(CN2CCC(Nc3ncncc3CCCC(F)(F)F)CC2)ccc2[nH]c(C#N)cc12. The lowest BCUT2D eigenvalue weighted by Gasteiger charge is -2.33. The maximum Gasteiger partial charge on any atom is 0.389 e. The number of likely N-dealkylation sites (tertiary alicyclic amines) is 1. The Morgan fingerprint density at radius 2 is 2.03 bits per heavy atom. The Morgan fingerprint density at radius 3 is 2.76 bits per heavy atom. The number of piperidine rings is 1. The normalized spacial score (nSPS) is 15.6. The number of fused-ring (bicyclic) bond motifs is 1. The van der Waals surface area contributed by atoms with Crippen LogP contribution >= 0.6 is 0 Å². The van der Waals surface area contributed by atoms with Crippen LogP contribution in [0.1, 0.15) is 48.1 Å². The topological polar surface area (TPSA) is 80.6 Å². The van der Waals surface area contributed by atoms with Crippen molar-refractivity contribution in [3.05, 3.63) is 53.1 Å². The molecule has 3 aromatic rings. The van der Waals surface area contributed by atoms with Gasteiger partial charge in [-0.15, -0.1) is 0 Å². The average Bonchev–Trinajstić information content (AvgIpc) is 3.22. The van der Waals surface area contributed by atoms with Gasteiger partial charge in [-0.2, -0.15) is 18.4 Å². The molecule has 1 aromatic carbocycles. The summed E-state index contributed by atoms with van der Waals surface area (Å²) in [7, 11) is 0. The van der Waals surface area contributed by atoms with E-state index in [0.29, 0.717) is 17.9 Å². The van der Waals surface area contributed by atoms with Crippen LogP contribution in [-0.2, 0) is 13.0 Å². The highest BCUT2D eigenvalue weighted by molar-refractivity contribution is 5.85. The number of anilines is 1. The van der Waals surface area contributed by atoms with Crippen molar-refractivity contribution >= 4 is 16.7 Å². The third-order valence-corrected chi connectivity index (χ3v) is 6.32.